The van der Waals surface area contributed by atoms with Gasteiger partial charge < -0.3 is 19.7 Å². The van der Waals surface area contributed by atoms with Gasteiger partial charge in [0.15, 0.2) is 0 Å². The van der Waals surface area contributed by atoms with Crippen molar-refractivity contribution in [2.24, 2.45) is 5.92 Å². The molecule has 0 bridgehead atoms. The van der Waals surface area contributed by atoms with Crippen LogP contribution in [0.25, 0.3) is 16.6 Å². The summed E-state index contributed by atoms with van der Waals surface area (Å²) in [5.74, 6) is 0.0367. The molecular weight excluding hydrogens is 481 g/mol. The minimum atomic E-state index is -0.430. The van der Waals surface area contributed by atoms with Crippen molar-refractivity contribution in [3.8, 4) is 5.69 Å². The number of hydrogen-bond acceptors (Lipinski definition) is 4. The molecule has 7 nitrogen and oxygen atoms in total. The summed E-state index contributed by atoms with van der Waals surface area (Å²) in [5.41, 5.74) is 4.23. The first-order valence-corrected chi connectivity index (χ1v) is 13.7. The van der Waals surface area contributed by atoms with Crippen molar-refractivity contribution in [1.29, 1.82) is 0 Å². The zero-order chi connectivity index (χ0) is 27.0. The minimum absolute atomic E-state index is 0.00765. The Morgan fingerprint density at radius 2 is 2.08 bits per heavy atom. The van der Waals surface area contributed by atoms with Crippen LogP contribution in [0.15, 0.2) is 36.8 Å². The summed E-state index contributed by atoms with van der Waals surface area (Å²) < 4.78 is 16.4. The number of halogens is 1. The third kappa shape index (κ3) is 5.32. The van der Waals surface area contributed by atoms with E-state index < -0.39 is 5.82 Å². The zero-order valence-electron chi connectivity index (χ0n) is 22.8. The smallest absolute Gasteiger partial charge is 0.256 e. The number of piperidine rings is 1. The second kappa shape index (κ2) is 10.8. The number of likely N-dealkylation sites (tertiary alicyclic amines) is 1. The number of amides is 2. The first-order chi connectivity index (χ1) is 18.2. The van der Waals surface area contributed by atoms with E-state index in [0.717, 1.165) is 61.8 Å². The molecule has 0 spiro atoms. The molecule has 2 aliphatic heterocycles. The van der Waals surface area contributed by atoms with E-state index in [0.29, 0.717) is 23.6 Å². The van der Waals surface area contributed by atoms with Crippen molar-refractivity contribution in [2.45, 2.75) is 65.0 Å². The van der Waals surface area contributed by atoms with E-state index in [2.05, 4.69) is 28.3 Å². The number of rotatable bonds is 7. The highest BCUT2D eigenvalue weighted by molar-refractivity contribution is 5.99. The Balaban J connectivity index is 1.44. The fourth-order valence-corrected chi connectivity index (χ4v) is 6.00. The lowest BCUT2D eigenvalue weighted by Gasteiger charge is -2.27. The van der Waals surface area contributed by atoms with Gasteiger partial charge in [-0.05, 0) is 88.2 Å². The first kappa shape index (κ1) is 26.4. The number of benzene rings is 1. The number of carbonyl (C=O) groups excluding carboxylic acids is 2. The number of aromatic nitrogens is 2. The van der Waals surface area contributed by atoms with Crippen LogP contribution in [0.4, 0.5) is 4.39 Å². The molecule has 2 aliphatic rings. The maximum atomic E-state index is 14.3. The Morgan fingerprint density at radius 1 is 1.26 bits per heavy atom. The molecule has 2 aromatic heterocycles. The van der Waals surface area contributed by atoms with Crippen molar-refractivity contribution >= 4 is 22.7 Å². The fourth-order valence-electron chi connectivity index (χ4n) is 6.00. The molecule has 38 heavy (non-hydrogen) atoms. The largest absolute Gasteiger partial charge is 0.352 e. The predicted molar refractivity (Wildman–Crippen MR) is 147 cm³/mol. The number of fused-ring (bicyclic) bond motifs is 1. The quantitative estimate of drug-likeness (QED) is 0.500. The molecule has 2 atom stereocenters. The van der Waals surface area contributed by atoms with Crippen LogP contribution in [0.3, 0.4) is 0 Å². The zero-order valence-corrected chi connectivity index (χ0v) is 22.8. The van der Waals surface area contributed by atoms with Crippen molar-refractivity contribution in [3.63, 3.8) is 0 Å². The van der Waals surface area contributed by atoms with Gasteiger partial charge >= 0.3 is 0 Å². The molecule has 202 valence electrons. The lowest BCUT2D eigenvalue weighted by Crippen LogP contribution is -2.45. The highest BCUT2D eigenvalue weighted by Crippen LogP contribution is 2.32. The first-order valence-electron chi connectivity index (χ1n) is 13.7. The Labute approximate surface area is 224 Å². The average molecular weight is 520 g/mol. The Kier molecular flexibility index (Phi) is 7.52. The summed E-state index contributed by atoms with van der Waals surface area (Å²) in [6.45, 7) is 8.91. The summed E-state index contributed by atoms with van der Waals surface area (Å²) >= 11 is 0. The predicted octanol–water partition coefficient (Wildman–Crippen LogP) is 4.49. The number of carbonyl (C=O) groups is 2. The van der Waals surface area contributed by atoms with Gasteiger partial charge in [-0.1, -0.05) is 0 Å². The van der Waals surface area contributed by atoms with E-state index in [-0.39, 0.29) is 23.9 Å². The standard InChI is InChI=1S/C30H38FN5O2/c1-19(2)34(4)30(38)25-13-23(31)8-9-26(25)36-17-22(29-20(3)14-32-15-27(29)36)12-21-10-11-35(16-21)18-24-6-5-7-28(37)33-24/h8-9,13-15,17,19,21,24H,5-7,10-12,16,18H2,1-4H3,(H,33,37)/t21-,24?/m1/s1. The molecule has 1 aromatic carbocycles. The third-order valence-electron chi connectivity index (χ3n) is 8.20. The molecular formula is C30H38FN5O2. The van der Waals surface area contributed by atoms with Gasteiger partial charge in [0.1, 0.15) is 5.82 Å². The van der Waals surface area contributed by atoms with Gasteiger partial charge in [0, 0.05) is 56.4 Å². The Bertz CT molecular complexity index is 1350. The van der Waals surface area contributed by atoms with E-state index in [1.807, 2.05) is 30.8 Å². The highest BCUT2D eigenvalue weighted by atomic mass is 19.1. The molecule has 8 heteroatoms. The van der Waals surface area contributed by atoms with Gasteiger partial charge in [-0.25, -0.2) is 4.39 Å². The highest BCUT2D eigenvalue weighted by Gasteiger charge is 2.28. The molecule has 1 unspecified atom stereocenters. The van der Waals surface area contributed by atoms with Gasteiger partial charge in [0.2, 0.25) is 5.91 Å². The lowest BCUT2D eigenvalue weighted by atomic mass is 9.97. The summed E-state index contributed by atoms with van der Waals surface area (Å²) in [7, 11) is 1.75. The van der Waals surface area contributed by atoms with Crippen molar-refractivity contribution in [1.82, 2.24) is 24.7 Å². The topological polar surface area (TPSA) is 70.5 Å². The molecule has 5 rings (SSSR count). The second-order valence-electron chi connectivity index (χ2n) is 11.3. The molecule has 4 heterocycles. The molecule has 3 aromatic rings. The van der Waals surface area contributed by atoms with E-state index >= 15 is 0 Å². The summed E-state index contributed by atoms with van der Waals surface area (Å²) in [5, 5.41) is 4.30. The van der Waals surface area contributed by atoms with Gasteiger partial charge in [-0.3, -0.25) is 14.6 Å². The number of nitrogens with one attached hydrogen (secondary N) is 1. The monoisotopic (exact) mass is 519 g/mol. The van der Waals surface area contributed by atoms with Crippen molar-refractivity contribution in [3.05, 3.63) is 59.3 Å². The summed E-state index contributed by atoms with van der Waals surface area (Å²) in [6.07, 6.45) is 10.5. The average Bonchev–Trinajstić information content (AvgIpc) is 3.48. The SMILES string of the molecule is Cc1cncc2c1c(C[C@H]1CCN(CC3CCCC(=O)N3)C1)cn2-c1ccc(F)cc1C(=O)N(C)C(C)C. The third-order valence-corrected chi connectivity index (χ3v) is 8.20. The molecule has 2 saturated heterocycles. The van der Waals surface area contributed by atoms with Gasteiger partial charge in [-0.15, -0.1) is 0 Å². The van der Waals surface area contributed by atoms with Crippen LogP contribution in [0, 0.1) is 18.7 Å². The van der Waals surface area contributed by atoms with Crippen molar-refractivity contribution < 1.29 is 14.0 Å². The maximum absolute atomic E-state index is 14.3. The number of pyridine rings is 1. The summed E-state index contributed by atoms with van der Waals surface area (Å²) in [4.78, 5) is 33.7. The molecule has 0 aliphatic carbocycles. The van der Waals surface area contributed by atoms with Crippen LogP contribution in [-0.4, -0.2) is 69.9 Å². The van der Waals surface area contributed by atoms with Gasteiger partial charge in [-0.2, -0.15) is 0 Å². The Morgan fingerprint density at radius 3 is 2.84 bits per heavy atom. The van der Waals surface area contributed by atoms with E-state index in [1.165, 1.54) is 17.7 Å². The van der Waals surface area contributed by atoms with Crippen LogP contribution in [0.2, 0.25) is 0 Å². The van der Waals surface area contributed by atoms with Crippen molar-refractivity contribution in [2.75, 3.05) is 26.7 Å². The van der Waals surface area contributed by atoms with Crippen LogP contribution in [-0.2, 0) is 11.2 Å². The molecule has 1 N–H and O–H groups in total. The van der Waals surface area contributed by atoms with E-state index in [9.17, 15) is 14.0 Å². The normalized spacial score (nSPS) is 20.3. The number of hydrogen-bond donors (Lipinski definition) is 1. The number of nitrogens with zero attached hydrogens (tertiary/aromatic N) is 4. The second-order valence-corrected chi connectivity index (χ2v) is 11.3. The van der Waals surface area contributed by atoms with E-state index in [1.54, 1.807) is 18.0 Å². The van der Waals surface area contributed by atoms with E-state index in [4.69, 9.17) is 0 Å². The number of aryl methyl sites for hydroxylation is 1. The summed E-state index contributed by atoms with van der Waals surface area (Å²) in [6, 6.07) is 4.69. The fraction of sp³-hybridized carbons (Fsp3) is 0.500. The molecule has 2 fully saturated rings. The minimum Gasteiger partial charge on any atom is -0.352 e. The Hall–Kier alpha value is -3.26. The lowest BCUT2D eigenvalue weighted by molar-refractivity contribution is -0.123. The van der Waals surface area contributed by atoms with Gasteiger partial charge in [0.25, 0.3) is 5.91 Å². The van der Waals surface area contributed by atoms with Gasteiger partial charge in [0.05, 0.1) is 23.0 Å². The van der Waals surface area contributed by atoms with Crippen LogP contribution >= 0.6 is 0 Å². The molecule has 0 radical (unpaired) electrons. The van der Waals surface area contributed by atoms with Crippen LogP contribution < -0.4 is 5.32 Å². The van der Waals surface area contributed by atoms with Crippen LogP contribution in [0.1, 0.15) is 61.0 Å². The maximum Gasteiger partial charge on any atom is 0.256 e. The van der Waals surface area contributed by atoms with Crippen LogP contribution in [0.5, 0.6) is 0 Å². The molecule has 2 amide bonds. The molecule has 0 saturated carbocycles.